The molecule has 78 valence electrons. The van der Waals surface area contributed by atoms with E-state index in [2.05, 4.69) is 61.9 Å². The van der Waals surface area contributed by atoms with E-state index in [1.807, 2.05) is 0 Å². The smallest absolute Gasteiger partial charge is 0.285 e. The number of hydrogen-bond acceptors (Lipinski definition) is 1. The molecular weight excluding hydrogens is 181 g/mol. The summed E-state index contributed by atoms with van der Waals surface area (Å²) in [6, 6.07) is 11.4. The van der Waals surface area contributed by atoms with Crippen molar-refractivity contribution in [1.82, 2.24) is 4.81 Å². The zero-order valence-electron chi connectivity index (χ0n) is 9.77. The van der Waals surface area contributed by atoms with Crippen LogP contribution in [0.25, 0.3) is 0 Å². The van der Waals surface area contributed by atoms with E-state index >= 15 is 0 Å². The van der Waals surface area contributed by atoms with E-state index in [4.69, 9.17) is 0 Å². The van der Waals surface area contributed by atoms with Gasteiger partial charge in [0.15, 0.2) is 0 Å². The fraction of sp³-hybridized carbons (Fsp3) is 0.385. The molecular formula is C13H18BN. The van der Waals surface area contributed by atoms with E-state index in [-0.39, 0.29) is 0 Å². The molecule has 0 spiro atoms. The third-order valence-corrected chi connectivity index (χ3v) is 3.04. The second kappa shape index (κ2) is 4.24. The lowest BCUT2D eigenvalue weighted by atomic mass is 9.55. The molecule has 0 bridgehead atoms. The van der Waals surface area contributed by atoms with Crippen molar-refractivity contribution in [1.29, 1.82) is 0 Å². The fourth-order valence-electron chi connectivity index (χ4n) is 2.25. The molecule has 0 unspecified atom stereocenters. The monoisotopic (exact) mass is 199 g/mol. The highest BCUT2D eigenvalue weighted by molar-refractivity contribution is 6.76. The lowest BCUT2D eigenvalue weighted by molar-refractivity contribution is 0.405. The Kier molecular flexibility index (Phi) is 2.97. The average molecular weight is 199 g/mol. The molecule has 0 aromatic heterocycles. The molecule has 0 radical (unpaired) electrons. The molecule has 1 aliphatic heterocycles. The van der Waals surface area contributed by atoms with Crippen LogP contribution < -0.4 is 5.46 Å². The Morgan fingerprint density at radius 2 is 1.87 bits per heavy atom. The van der Waals surface area contributed by atoms with Gasteiger partial charge in [0, 0.05) is 6.54 Å². The van der Waals surface area contributed by atoms with Crippen LogP contribution >= 0.6 is 0 Å². The highest BCUT2D eigenvalue weighted by Crippen LogP contribution is 2.15. The molecule has 1 aromatic carbocycles. The average Bonchev–Trinajstić information content (AvgIpc) is 2.62. The molecule has 0 N–H and O–H groups in total. The van der Waals surface area contributed by atoms with Crippen molar-refractivity contribution in [2.24, 2.45) is 0 Å². The molecule has 0 fully saturated rings. The van der Waals surface area contributed by atoms with Gasteiger partial charge in [-0.15, -0.1) is 0 Å². The normalized spacial score (nSPS) is 17.3. The molecule has 0 saturated carbocycles. The summed E-state index contributed by atoms with van der Waals surface area (Å²) in [7, 11) is 0. The Morgan fingerprint density at radius 3 is 2.47 bits per heavy atom. The molecule has 2 heteroatoms. The summed E-state index contributed by atoms with van der Waals surface area (Å²) < 4.78 is 0. The number of nitrogens with zero attached hydrogens (tertiary/aromatic N) is 1. The molecule has 0 amide bonds. The summed E-state index contributed by atoms with van der Waals surface area (Å²) in [5.41, 5.74) is 2.89. The van der Waals surface area contributed by atoms with Gasteiger partial charge in [0.2, 0.25) is 0 Å². The van der Waals surface area contributed by atoms with Gasteiger partial charge in [-0.3, -0.25) is 0 Å². The molecule has 0 atom stereocenters. The number of hydrogen-bond donors (Lipinski definition) is 0. The minimum atomic E-state index is 0.478. The SMILES string of the molecule is CC1=CB(c2ccccc2)N(C(C)C)C1. The van der Waals surface area contributed by atoms with Crippen LogP contribution in [0, 0.1) is 0 Å². The van der Waals surface area contributed by atoms with E-state index in [0.717, 1.165) is 6.54 Å². The minimum absolute atomic E-state index is 0.478. The van der Waals surface area contributed by atoms with Crippen molar-refractivity contribution in [3.8, 4) is 0 Å². The fourth-order valence-corrected chi connectivity index (χ4v) is 2.25. The standard InChI is InChI=1S/C13H18BN/c1-11(2)15-10-12(3)9-14(15)13-7-5-4-6-8-13/h4-9,11H,10H2,1-3H3. The predicted octanol–water partition coefficient (Wildman–Crippen LogP) is 2.09. The van der Waals surface area contributed by atoms with Gasteiger partial charge in [0.25, 0.3) is 6.85 Å². The molecule has 1 heterocycles. The maximum absolute atomic E-state index is 2.53. The molecule has 2 rings (SSSR count). The Morgan fingerprint density at radius 1 is 1.20 bits per heavy atom. The minimum Gasteiger partial charge on any atom is -0.329 e. The highest BCUT2D eigenvalue weighted by Gasteiger charge is 2.29. The highest BCUT2D eigenvalue weighted by atomic mass is 15.1. The van der Waals surface area contributed by atoms with Gasteiger partial charge in [-0.05, 0) is 13.0 Å². The lowest BCUT2D eigenvalue weighted by Gasteiger charge is -2.26. The van der Waals surface area contributed by atoms with Gasteiger partial charge in [0.1, 0.15) is 0 Å². The third kappa shape index (κ3) is 2.15. The molecule has 15 heavy (non-hydrogen) atoms. The molecule has 1 aliphatic rings. The second-order valence-electron chi connectivity index (χ2n) is 4.63. The number of rotatable bonds is 2. The maximum Gasteiger partial charge on any atom is 0.285 e. The van der Waals surface area contributed by atoms with Gasteiger partial charge in [0.05, 0.1) is 0 Å². The van der Waals surface area contributed by atoms with Crippen LogP contribution in [0.3, 0.4) is 0 Å². The van der Waals surface area contributed by atoms with E-state index in [1.165, 1.54) is 11.0 Å². The first-order valence-corrected chi connectivity index (χ1v) is 5.66. The molecule has 0 saturated heterocycles. The van der Waals surface area contributed by atoms with E-state index in [0.29, 0.717) is 12.9 Å². The van der Waals surface area contributed by atoms with Gasteiger partial charge >= 0.3 is 0 Å². The zero-order valence-corrected chi connectivity index (χ0v) is 9.77. The third-order valence-electron chi connectivity index (χ3n) is 3.04. The van der Waals surface area contributed by atoms with Crippen LogP contribution in [0.4, 0.5) is 0 Å². The van der Waals surface area contributed by atoms with Crippen LogP contribution in [-0.4, -0.2) is 24.2 Å². The van der Waals surface area contributed by atoms with Crippen molar-refractivity contribution in [2.45, 2.75) is 26.8 Å². The Hall–Kier alpha value is -1.02. The topological polar surface area (TPSA) is 3.24 Å². The van der Waals surface area contributed by atoms with Gasteiger partial charge < -0.3 is 4.81 Å². The van der Waals surface area contributed by atoms with E-state index < -0.39 is 0 Å². The van der Waals surface area contributed by atoms with Gasteiger partial charge in [-0.2, -0.15) is 0 Å². The predicted molar refractivity (Wildman–Crippen MR) is 67.4 cm³/mol. The van der Waals surface area contributed by atoms with Crippen molar-refractivity contribution >= 4 is 12.3 Å². The quantitative estimate of drug-likeness (QED) is 0.659. The van der Waals surface area contributed by atoms with Crippen molar-refractivity contribution in [2.75, 3.05) is 6.54 Å². The van der Waals surface area contributed by atoms with Gasteiger partial charge in [-0.1, -0.05) is 61.2 Å². The van der Waals surface area contributed by atoms with Crippen LogP contribution in [0.5, 0.6) is 0 Å². The first-order valence-electron chi connectivity index (χ1n) is 5.66. The van der Waals surface area contributed by atoms with Crippen molar-refractivity contribution < 1.29 is 0 Å². The lowest BCUT2D eigenvalue weighted by Crippen LogP contribution is -2.47. The van der Waals surface area contributed by atoms with Crippen LogP contribution in [0.1, 0.15) is 20.8 Å². The van der Waals surface area contributed by atoms with E-state index in [9.17, 15) is 0 Å². The zero-order chi connectivity index (χ0) is 10.8. The summed E-state index contributed by atoms with van der Waals surface area (Å²) in [6.45, 7) is 8.34. The Labute approximate surface area is 92.9 Å². The maximum atomic E-state index is 2.53. The first-order chi connectivity index (χ1) is 7.18. The largest absolute Gasteiger partial charge is 0.329 e. The van der Waals surface area contributed by atoms with Crippen molar-refractivity contribution in [3.05, 3.63) is 41.9 Å². The summed E-state index contributed by atoms with van der Waals surface area (Å²) in [4.78, 5) is 2.53. The van der Waals surface area contributed by atoms with Crippen LogP contribution in [0.15, 0.2) is 41.9 Å². The van der Waals surface area contributed by atoms with Gasteiger partial charge in [-0.25, -0.2) is 0 Å². The molecule has 1 nitrogen and oxygen atoms in total. The number of benzene rings is 1. The Bertz CT molecular complexity index is 356. The van der Waals surface area contributed by atoms with Crippen molar-refractivity contribution in [3.63, 3.8) is 0 Å². The summed E-state index contributed by atoms with van der Waals surface area (Å²) in [5, 5.41) is 0. The Balaban J connectivity index is 2.27. The molecule has 1 aromatic rings. The summed E-state index contributed by atoms with van der Waals surface area (Å²) in [6.07, 6.45) is 0. The summed E-state index contributed by atoms with van der Waals surface area (Å²) in [5.74, 6) is 2.38. The van der Waals surface area contributed by atoms with E-state index in [1.54, 1.807) is 0 Å². The van der Waals surface area contributed by atoms with Crippen LogP contribution in [0.2, 0.25) is 0 Å². The summed E-state index contributed by atoms with van der Waals surface area (Å²) >= 11 is 0. The first kappa shape index (κ1) is 10.5. The molecule has 0 aliphatic carbocycles. The second-order valence-corrected chi connectivity index (χ2v) is 4.63. The van der Waals surface area contributed by atoms with Crippen LogP contribution in [-0.2, 0) is 0 Å².